The first kappa shape index (κ1) is 13.9. The fourth-order valence-corrected chi connectivity index (χ4v) is 3.02. The molecule has 1 aliphatic heterocycles. The molecule has 1 atom stereocenters. The van der Waals surface area contributed by atoms with Gasteiger partial charge in [0.2, 0.25) is 0 Å². The van der Waals surface area contributed by atoms with E-state index >= 15 is 0 Å². The van der Waals surface area contributed by atoms with Crippen molar-refractivity contribution in [2.24, 2.45) is 5.92 Å². The van der Waals surface area contributed by atoms with E-state index in [1.807, 2.05) is 12.1 Å². The second-order valence-electron chi connectivity index (χ2n) is 5.31. The van der Waals surface area contributed by atoms with Gasteiger partial charge in [-0.15, -0.1) is 0 Å². The maximum absolute atomic E-state index is 5.87. The zero-order valence-electron chi connectivity index (χ0n) is 11.3. The number of hydrogen-bond acceptors (Lipinski definition) is 2. The Balaban J connectivity index is 1.77. The number of likely N-dealkylation sites (tertiary alicyclic amines) is 1. The van der Waals surface area contributed by atoms with Gasteiger partial charge in [0, 0.05) is 17.6 Å². The van der Waals surface area contributed by atoms with E-state index in [-0.39, 0.29) is 0 Å². The van der Waals surface area contributed by atoms with Crippen LogP contribution < -0.4 is 4.74 Å². The van der Waals surface area contributed by atoms with Crippen LogP contribution in [0.15, 0.2) is 22.7 Å². The van der Waals surface area contributed by atoms with E-state index in [2.05, 4.69) is 40.7 Å². The van der Waals surface area contributed by atoms with Crippen molar-refractivity contribution in [3.05, 3.63) is 28.2 Å². The van der Waals surface area contributed by atoms with Gasteiger partial charge in [0.1, 0.15) is 12.4 Å². The molecule has 1 aliphatic rings. The first-order chi connectivity index (χ1) is 8.65. The minimum atomic E-state index is 0.787. The fourth-order valence-electron chi connectivity index (χ4n) is 2.55. The van der Waals surface area contributed by atoms with E-state index in [4.69, 9.17) is 4.74 Å². The lowest BCUT2D eigenvalue weighted by atomic mass is 10.0. The van der Waals surface area contributed by atoms with E-state index in [1.165, 1.54) is 31.5 Å². The van der Waals surface area contributed by atoms with Gasteiger partial charge in [0.25, 0.3) is 0 Å². The van der Waals surface area contributed by atoms with Crippen LogP contribution in [-0.2, 0) is 0 Å². The van der Waals surface area contributed by atoms with Gasteiger partial charge < -0.3 is 4.74 Å². The lowest BCUT2D eigenvalue weighted by molar-refractivity contribution is 0.153. The Bertz CT molecular complexity index is 394. The Hall–Kier alpha value is -0.540. The highest BCUT2D eigenvalue weighted by Crippen LogP contribution is 2.22. The topological polar surface area (TPSA) is 12.5 Å². The zero-order chi connectivity index (χ0) is 13.0. The van der Waals surface area contributed by atoms with E-state index in [1.54, 1.807) is 0 Å². The summed E-state index contributed by atoms with van der Waals surface area (Å²) in [5.74, 6) is 1.84. The van der Waals surface area contributed by atoms with E-state index in [0.29, 0.717) is 0 Å². The minimum Gasteiger partial charge on any atom is -0.492 e. The summed E-state index contributed by atoms with van der Waals surface area (Å²) < 4.78 is 6.98. The Kier molecular flexibility index (Phi) is 5.07. The van der Waals surface area contributed by atoms with Gasteiger partial charge in [-0.05, 0) is 56.0 Å². The number of nitrogens with zero attached hydrogens (tertiary/aromatic N) is 1. The number of benzene rings is 1. The lowest BCUT2D eigenvalue weighted by Gasteiger charge is -2.30. The van der Waals surface area contributed by atoms with Crippen LogP contribution in [-0.4, -0.2) is 31.1 Å². The monoisotopic (exact) mass is 311 g/mol. The number of piperidine rings is 1. The van der Waals surface area contributed by atoms with Gasteiger partial charge in [0.05, 0.1) is 0 Å². The lowest BCUT2D eigenvalue weighted by Crippen LogP contribution is -2.37. The molecule has 3 heteroatoms. The Morgan fingerprint density at radius 1 is 1.44 bits per heavy atom. The smallest absolute Gasteiger partial charge is 0.122 e. The van der Waals surface area contributed by atoms with E-state index in [0.717, 1.165) is 29.3 Å². The summed E-state index contributed by atoms with van der Waals surface area (Å²) in [4.78, 5) is 2.52. The Morgan fingerprint density at radius 3 is 3.00 bits per heavy atom. The summed E-state index contributed by atoms with van der Waals surface area (Å²) in [5.41, 5.74) is 1.19. The maximum atomic E-state index is 5.87. The molecule has 0 aromatic heterocycles. The molecule has 18 heavy (non-hydrogen) atoms. The first-order valence-electron chi connectivity index (χ1n) is 6.76. The van der Waals surface area contributed by atoms with Gasteiger partial charge >= 0.3 is 0 Å². The molecule has 2 nitrogen and oxygen atoms in total. The number of ether oxygens (including phenoxy) is 1. The molecular formula is C15H22BrNO. The van der Waals surface area contributed by atoms with Crippen LogP contribution in [0.4, 0.5) is 0 Å². The first-order valence-corrected chi connectivity index (χ1v) is 7.56. The van der Waals surface area contributed by atoms with Gasteiger partial charge in [-0.25, -0.2) is 0 Å². The summed E-state index contributed by atoms with van der Waals surface area (Å²) >= 11 is 3.47. The van der Waals surface area contributed by atoms with Gasteiger partial charge in [-0.1, -0.05) is 22.9 Å². The number of rotatable bonds is 4. The van der Waals surface area contributed by atoms with Crippen LogP contribution in [0.5, 0.6) is 5.75 Å². The number of aryl methyl sites for hydroxylation is 1. The standard InChI is InChI=1S/C15H22BrNO/c1-12-4-3-7-17(11-12)8-9-18-15-6-5-14(16)10-13(15)2/h5-6,10,12H,3-4,7-9,11H2,1-2H3. The van der Waals surface area contributed by atoms with Crippen molar-refractivity contribution in [2.75, 3.05) is 26.2 Å². The third-order valence-electron chi connectivity index (χ3n) is 3.54. The van der Waals surface area contributed by atoms with Crippen molar-refractivity contribution in [1.29, 1.82) is 0 Å². The van der Waals surface area contributed by atoms with E-state index in [9.17, 15) is 0 Å². The highest BCUT2D eigenvalue weighted by Gasteiger charge is 2.15. The number of hydrogen-bond donors (Lipinski definition) is 0. The molecule has 0 spiro atoms. The summed E-state index contributed by atoms with van der Waals surface area (Å²) in [7, 11) is 0. The Morgan fingerprint density at radius 2 is 2.28 bits per heavy atom. The number of halogens is 1. The molecule has 1 aromatic rings. The fraction of sp³-hybridized carbons (Fsp3) is 0.600. The summed E-state index contributed by atoms with van der Waals surface area (Å²) in [6.45, 7) is 8.71. The van der Waals surface area contributed by atoms with Gasteiger partial charge in [0.15, 0.2) is 0 Å². The van der Waals surface area contributed by atoms with Crippen LogP contribution in [0.2, 0.25) is 0 Å². The molecular weight excluding hydrogens is 290 g/mol. The largest absolute Gasteiger partial charge is 0.492 e. The molecule has 0 aliphatic carbocycles. The quantitative estimate of drug-likeness (QED) is 0.837. The van der Waals surface area contributed by atoms with Crippen molar-refractivity contribution < 1.29 is 4.74 Å². The van der Waals surface area contributed by atoms with E-state index < -0.39 is 0 Å². The highest BCUT2D eigenvalue weighted by atomic mass is 79.9. The van der Waals surface area contributed by atoms with Crippen molar-refractivity contribution >= 4 is 15.9 Å². The molecule has 0 radical (unpaired) electrons. The Labute approximate surface area is 118 Å². The third-order valence-corrected chi connectivity index (χ3v) is 4.04. The zero-order valence-corrected chi connectivity index (χ0v) is 12.9. The predicted molar refractivity (Wildman–Crippen MR) is 79.2 cm³/mol. The molecule has 0 bridgehead atoms. The van der Waals surface area contributed by atoms with Crippen molar-refractivity contribution in [1.82, 2.24) is 4.90 Å². The van der Waals surface area contributed by atoms with Crippen LogP contribution in [0.1, 0.15) is 25.3 Å². The second-order valence-corrected chi connectivity index (χ2v) is 6.22. The molecule has 0 saturated carbocycles. The summed E-state index contributed by atoms with van der Waals surface area (Å²) in [6, 6.07) is 6.17. The molecule has 0 N–H and O–H groups in total. The van der Waals surface area contributed by atoms with Crippen LogP contribution in [0, 0.1) is 12.8 Å². The third kappa shape index (κ3) is 3.99. The molecule has 1 unspecified atom stereocenters. The van der Waals surface area contributed by atoms with Crippen LogP contribution >= 0.6 is 15.9 Å². The molecule has 1 aromatic carbocycles. The average molecular weight is 312 g/mol. The molecule has 2 rings (SSSR count). The molecule has 1 fully saturated rings. The van der Waals surface area contributed by atoms with Gasteiger partial charge in [-0.2, -0.15) is 0 Å². The second kappa shape index (κ2) is 6.58. The molecule has 0 amide bonds. The SMILES string of the molecule is Cc1cc(Br)ccc1OCCN1CCCC(C)C1. The van der Waals surface area contributed by atoms with Crippen molar-refractivity contribution in [2.45, 2.75) is 26.7 Å². The highest BCUT2D eigenvalue weighted by molar-refractivity contribution is 9.10. The van der Waals surface area contributed by atoms with Crippen LogP contribution in [0.3, 0.4) is 0 Å². The summed E-state index contributed by atoms with van der Waals surface area (Å²) in [5, 5.41) is 0. The van der Waals surface area contributed by atoms with Gasteiger partial charge in [-0.3, -0.25) is 4.90 Å². The molecule has 1 saturated heterocycles. The summed E-state index contributed by atoms with van der Waals surface area (Å²) in [6.07, 6.45) is 2.71. The molecule has 100 valence electrons. The predicted octanol–water partition coefficient (Wildman–Crippen LogP) is 3.87. The normalized spacial score (nSPS) is 20.9. The van der Waals surface area contributed by atoms with Crippen LogP contribution in [0.25, 0.3) is 0 Å². The van der Waals surface area contributed by atoms with Crippen molar-refractivity contribution in [3.8, 4) is 5.75 Å². The van der Waals surface area contributed by atoms with Crippen molar-refractivity contribution in [3.63, 3.8) is 0 Å². The average Bonchev–Trinajstić information content (AvgIpc) is 2.32. The maximum Gasteiger partial charge on any atom is 0.122 e. The molecule has 1 heterocycles. The minimum absolute atomic E-state index is 0.787.